The zero-order chi connectivity index (χ0) is 60.0. The van der Waals surface area contributed by atoms with E-state index >= 15 is 0 Å². The molecule has 0 fully saturated rings. The number of aromatic nitrogens is 1. The summed E-state index contributed by atoms with van der Waals surface area (Å²) < 4.78 is 2.43. The Balaban J connectivity index is 0.815. The molecular formula is C84H75N3. The topological polar surface area (TPSA) is 11.4 Å². The molecule has 1 heterocycles. The maximum Gasteiger partial charge on any atom is 0.0541 e. The van der Waals surface area contributed by atoms with E-state index in [0.717, 1.165) is 39.8 Å². The van der Waals surface area contributed by atoms with Crippen LogP contribution in [0.1, 0.15) is 79.0 Å². The van der Waals surface area contributed by atoms with Gasteiger partial charge in [0.05, 0.1) is 11.0 Å². The summed E-state index contributed by atoms with van der Waals surface area (Å²) in [5, 5.41) is 2.43. The standard InChI is InChI=1S/C84H75N3/c1-82(2,3)68-38-28-60(29-39-68)63-34-48-77(49-35-63)87-80-54-36-66(64-24-20-58(21-25-64)61-30-44-73(45-31-61)85(71-16-12-10-13-17-71)75-50-40-69(41-51-75)83(4,5)6)56-78(80)79-57-67(37-55-81(79)87)65-26-22-59(23-27-65)62-32-46-74(47-33-62)86(72-18-14-11-15-19-72)76-52-42-70(43-53-76)84(7,8)9/h10-57H,1-9H3. The molecule has 1 aromatic heterocycles. The first-order valence-corrected chi connectivity index (χ1v) is 30.6. The molecule has 0 aliphatic heterocycles. The van der Waals surface area contributed by atoms with Crippen LogP contribution in [0.5, 0.6) is 0 Å². The van der Waals surface area contributed by atoms with E-state index in [0.29, 0.717) is 0 Å². The molecule has 13 aromatic rings. The molecule has 0 unspecified atom stereocenters. The Kier molecular flexibility index (Phi) is 14.7. The van der Waals surface area contributed by atoms with Crippen LogP contribution in [0.25, 0.3) is 83.1 Å². The van der Waals surface area contributed by atoms with Gasteiger partial charge in [0.25, 0.3) is 0 Å². The van der Waals surface area contributed by atoms with E-state index in [9.17, 15) is 0 Å². The van der Waals surface area contributed by atoms with Gasteiger partial charge in [-0.15, -0.1) is 0 Å². The zero-order valence-electron chi connectivity index (χ0n) is 51.6. The first-order chi connectivity index (χ1) is 42.0. The molecule has 0 bridgehead atoms. The van der Waals surface area contributed by atoms with Gasteiger partial charge >= 0.3 is 0 Å². The van der Waals surface area contributed by atoms with Gasteiger partial charge in [-0.3, -0.25) is 0 Å². The number of benzene rings is 12. The van der Waals surface area contributed by atoms with Crippen molar-refractivity contribution in [2.45, 2.75) is 78.6 Å². The first-order valence-electron chi connectivity index (χ1n) is 30.6. The number of fused-ring (bicyclic) bond motifs is 3. The van der Waals surface area contributed by atoms with Crippen molar-refractivity contribution in [3.63, 3.8) is 0 Å². The fourth-order valence-corrected chi connectivity index (χ4v) is 12.2. The molecule has 0 radical (unpaired) electrons. The number of para-hydroxylation sites is 2. The van der Waals surface area contributed by atoms with Crippen LogP contribution in [0.3, 0.4) is 0 Å². The van der Waals surface area contributed by atoms with E-state index in [1.165, 1.54) is 94.1 Å². The van der Waals surface area contributed by atoms with Crippen LogP contribution in [0, 0.1) is 0 Å². The lowest BCUT2D eigenvalue weighted by molar-refractivity contribution is 0.590. The van der Waals surface area contributed by atoms with E-state index in [2.05, 4.69) is 368 Å². The van der Waals surface area contributed by atoms with E-state index in [1.807, 2.05) is 0 Å². The van der Waals surface area contributed by atoms with Gasteiger partial charge in [0.1, 0.15) is 0 Å². The van der Waals surface area contributed by atoms with Gasteiger partial charge in [0.15, 0.2) is 0 Å². The molecule has 13 rings (SSSR count). The predicted molar refractivity (Wildman–Crippen MR) is 373 cm³/mol. The van der Waals surface area contributed by atoms with Crippen molar-refractivity contribution in [1.82, 2.24) is 4.57 Å². The van der Waals surface area contributed by atoms with Gasteiger partial charge in [-0.2, -0.15) is 0 Å². The van der Waals surface area contributed by atoms with Crippen molar-refractivity contribution < 1.29 is 0 Å². The smallest absolute Gasteiger partial charge is 0.0541 e. The number of hydrogen-bond acceptors (Lipinski definition) is 2. The van der Waals surface area contributed by atoms with E-state index in [4.69, 9.17) is 0 Å². The Morgan fingerprint density at radius 1 is 0.218 bits per heavy atom. The highest BCUT2D eigenvalue weighted by atomic mass is 15.1. The Morgan fingerprint density at radius 3 is 0.736 bits per heavy atom. The van der Waals surface area contributed by atoms with Crippen LogP contribution >= 0.6 is 0 Å². The van der Waals surface area contributed by atoms with Gasteiger partial charge in [0.2, 0.25) is 0 Å². The monoisotopic (exact) mass is 1130 g/mol. The largest absolute Gasteiger partial charge is 0.311 e. The van der Waals surface area contributed by atoms with Gasteiger partial charge in [-0.1, -0.05) is 244 Å². The highest BCUT2D eigenvalue weighted by molar-refractivity contribution is 6.11. The van der Waals surface area contributed by atoms with Crippen LogP contribution in [-0.2, 0) is 16.2 Å². The predicted octanol–water partition coefficient (Wildman–Crippen LogP) is 24.0. The zero-order valence-corrected chi connectivity index (χ0v) is 51.6. The summed E-state index contributed by atoms with van der Waals surface area (Å²) in [5.74, 6) is 0. The molecule has 3 heteroatoms. The Hall–Kier alpha value is -9.96. The van der Waals surface area contributed by atoms with Crippen molar-refractivity contribution in [1.29, 1.82) is 0 Å². The number of hydrogen-bond donors (Lipinski definition) is 0. The number of anilines is 6. The summed E-state index contributed by atoms with van der Waals surface area (Å²) in [6.07, 6.45) is 0. The Labute approximate surface area is 515 Å². The van der Waals surface area contributed by atoms with Gasteiger partial charge in [-0.25, -0.2) is 0 Å². The molecule has 12 aromatic carbocycles. The summed E-state index contributed by atoms with van der Waals surface area (Å²) in [7, 11) is 0. The van der Waals surface area contributed by atoms with Crippen LogP contribution in [0.2, 0.25) is 0 Å². The molecule has 0 N–H and O–H groups in total. The Morgan fingerprint density at radius 2 is 0.437 bits per heavy atom. The molecule has 3 nitrogen and oxygen atoms in total. The molecule has 0 amide bonds. The van der Waals surface area contributed by atoms with Crippen molar-refractivity contribution in [3.8, 4) is 61.3 Å². The second-order valence-electron chi connectivity index (χ2n) is 26.4. The summed E-state index contributed by atoms with van der Waals surface area (Å²) in [6.45, 7) is 20.4. The summed E-state index contributed by atoms with van der Waals surface area (Å²) in [5.41, 5.74) is 26.3. The lowest BCUT2D eigenvalue weighted by Gasteiger charge is -2.27. The fraction of sp³-hybridized carbons (Fsp3) is 0.143. The normalized spacial score (nSPS) is 12.0. The maximum atomic E-state index is 2.43. The second kappa shape index (κ2) is 22.8. The van der Waals surface area contributed by atoms with Gasteiger partial charge in [0, 0.05) is 50.6 Å². The third-order valence-electron chi connectivity index (χ3n) is 17.3. The van der Waals surface area contributed by atoms with Crippen molar-refractivity contribution in [2.24, 2.45) is 0 Å². The summed E-state index contributed by atoms with van der Waals surface area (Å²) in [6, 6.07) is 108. The fourth-order valence-electron chi connectivity index (χ4n) is 12.2. The van der Waals surface area contributed by atoms with E-state index in [-0.39, 0.29) is 16.2 Å². The molecule has 426 valence electrons. The van der Waals surface area contributed by atoms with Crippen molar-refractivity contribution in [3.05, 3.63) is 308 Å². The van der Waals surface area contributed by atoms with Gasteiger partial charge < -0.3 is 14.4 Å². The SMILES string of the molecule is CC(C)(C)c1ccc(-c2ccc(-n3c4ccc(-c5ccc(-c6ccc(N(c7ccccc7)c7ccc(C(C)(C)C)cc7)cc6)cc5)cc4c4cc(-c5ccc(-c6ccc(N(c7ccccc7)c7ccc(C(C)(C)C)cc7)cc6)cc5)ccc43)cc2)cc1. The molecule has 0 spiro atoms. The lowest BCUT2D eigenvalue weighted by Crippen LogP contribution is -2.13. The molecule has 0 aliphatic carbocycles. The van der Waals surface area contributed by atoms with E-state index in [1.54, 1.807) is 0 Å². The number of rotatable bonds is 12. The molecular weight excluding hydrogens is 1050 g/mol. The average molecular weight is 1130 g/mol. The van der Waals surface area contributed by atoms with Crippen molar-refractivity contribution >= 4 is 55.9 Å². The van der Waals surface area contributed by atoms with Crippen LogP contribution < -0.4 is 9.80 Å². The van der Waals surface area contributed by atoms with E-state index < -0.39 is 0 Å². The Bertz CT molecular complexity index is 4250. The van der Waals surface area contributed by atoms with Crippen LogP contribution in [0.4, 0.5) is 34.1 Å². The summed E-state index contributed by atoms with van der Waals surface area (Å²) >= 11 is 0. The van der Waals surface area contributed by atoms with Crippen LogP contribution in [0.15, 0.2) is 291 Å². The quantitative estimate of drug-likeness (QED) is 0.121. The minimum atomic E-state index is 0.0829. The second-order valence-corrected chi connectivity index (χ2v) is 26.4. The minimum absolute atomic E-state index is 0.0829. The molecule has 0 atom stereocenters. The first kappa shape index (κ1) is 56.2. The highest BCUT2D eigenvalue weighted by Gasteiger charge is 2.21. The number of nitrogens with zero attached hydrogens (tertiary/aromatic N) is 3. The average Bonchev–Trinajstić information content (AvgIpc) is 1.66. The van der Waals surface area contributed by atoms with Crippen LogP contribution in [-0.4, -0.2) is 4.57 Å². The summed E-state index contributed by atoms with van der Waals surface area (Å²) in [4.78, 5) is 4.67. The lowest BCUT2D eigenvalue weighted by atomic mass is 9.86. The van der Waals surface area contributed by atoms with Crippen molar-refractivity contribution in [2.75, 3.05) is 9.80 Å². The third-order valence-corrected chi connectivity index (χ3v) is 17.3. The maximum absolute atomic E-state index is 2.43. The molecule has 0 saturated heterocycles. The molecule has 0 saturated carbocycles. The van der Waals surface area contributed by atoms with Gasteiger partial charge in [-0.05, 0) is 198 Å². The third kappa shape index (κ3) is 11.5. The highest BCUT2D eigenvalue weighted by Crippen LogP contribution is 2.42. The minimum Gasteiger partial charge on any atom is -0.311 e. The molecule has 87 heavy (non-hydrogen) atoms. The molecule has 0 aliphatic rings.